The van der Waals surface area contributed by atoms with Crippen LogP contribution < -0.4 is 10.2 Å². The highest BCUT2D eigenvalue weighted by atomic mass is 16.1. The maximum atomic E-state index is 13.0. The number of likely N-dealkylation sites (N-methyl/N-ethyl adjacent to an activating group) is 1. The summed E-state index contributed by atoms with van der Waals surface area (Å²) < 4.78 is 0. The highest BCUT2D eigenvalue weighted by Gasteiger charge is 2.21. The molecule has 0 fully saturated rings. The maximum absolute atomic E-state index is 13.0. The van der Waals surface area contributed by atoms with Gasteiger partial charge in [-0.2, -0.15) is 0 Å². The van der Waals surface area contributed by atoms with E-state index in [0.29, 0.717) is 30.3 Å². The van der Waals surface area contributed by atoms with Crippen LogP contribution in [0.15, 0.2) is 60.8 Å². The number of aromatic nitrogens is 2. The Morgan fingerprint density at radius 2 is 1.83 bits per heavy atom. The number of anilines is 2. The first-order chi connectivity index (χ1) is 14.5. The van der Waals surface area contributed by atoms with Gasteiger partial charge in [0.1, 0.15) is 11.4 Å². The second kappa shape index (κ2) is 9.98. The molecule has 30 heavy (non-hydrogen) atoms. The number of hydrogen-bond donors (Lipinski definition) is 1. The highest BCUT2D eigenvalue weighted by Crippen LogP contribution is 2.29. The van der Waals surface area contributed by atoms with Gasteiger partial charge in [0.05, 0.1) is 0 Å². The number of rotatable bonds is 8. The van der Waals surface area contributed by atoms with Gasteiger partial charge in [0.15, 0.2) is 5.82 Å². The van der Waals surface area contributed by atoms with E-state index in [9.17, 15) is 4.79 Å². The minimum Gasteiger partial charge on any atom is -0.351 e. The Bertz CT molecular complexity index is 988. The summed E-state index contributed by atoms with van der Waals surface area (Å²) in [4.78, 5) is 26.4. The molecule has 0 unspecified atom stereocenters. The van der Waals surface area contributed by atoms with Crippen LogP contribution in [0.2, 0.25) is 0 Å². The lowest BCUT2D eigenvalue weighted by Crippen LogP contribution is -2.33. The molecule has 1 heterocycles. The van der Waals surface area contributed by atoms with Gasteiger partial charge in [-0.15, -0.1) is 0 Å². The fourth-order valence-corrected chi connectivity index (χ4v) is 3.20. The summed E-state index contributed by atoms with van der Waals surface area (Å²) >= 11 is 0. The number of benzene rings is 2. The summed E-state index contributed by atoms with van der Waals surface area (Å²) in [5.41, 5.74) is 3.54. The first-order valence-corrected chi connectivity index (χ1v) is 10.2. The van der Waals surface area contributed by atoms with Crippen LogP contribution >= 0.6 is 0 Å². The van der Waals surface area contributed by atoms with Gasteiger partial charge in [0, 0.05) is 37.1 Å². The topological polar surface area (TPSA) is 61.4 Å². The van der Waals surface area contributed by atoms with Crippen molar-refractivity contribution >= 4 is 17.4 Å². The van der Waals surface area contributed by atoms with Crippen molar-refractivity contribution in [3.8, 4) is 11.4 Å². The molecule has 1 amide bonds. The molecular formula is C24H29N5O. The van der Waals surface area contributed by atoms with Crippen LogP contribution in [-0.2, 0) is 0 Å². The number of aryl methyl sites for hydroxylation is 1. The standard InChI is InChI=1S/C24H29N5O/c1-5-29(20-13-9-10-18(2)16-20)23-21(24(30)25-14-15-28(3)4)17-26-22(27-23)19-11-7-6-8-12-19/h6-13,16-17H,5,14-15H2,1-4H3,(H,25,30). The van der Waals surface area contributed by atoms with E-state index >= 15 is 0 Å². The van der Waals surface area contributed by atoms with Gasteiger partial charge >= 0.3 is 0 Å². The predicted molar refractivity (Wildman–Crippen MR) is 122 cm³/mol. The largest absolute Gasteiger partial charge is 0.351 e. The van der Waals surface area contributed by atoms with Crippen LogP contribution in [0.5, 0.6) is 0 Å². The van der Waals surface area contributed by atoms with Crippen molar-refractivity contribution in [3.05, 3.63) is 71.9 Å². The predicted octanol–water partition coefficient (Wildman–Crippen LogP) is 3.90. The lowest BCUT2D eigenvalue weighted by atomic mass is 10.1. The Labute approximate surface area is 178 Å². The molecule has 6 nitrogen and oxygen atoms in total. The molecule has 0 aliphatic carbocycles. The van der Waals surface area contributed by atoms with E-state index < -0.39 is 0 Å². The van der Waals surface area contributed by atoms with Crippen LogP contribution in [0, 0.1) is 6.92 Å². The van der Waals surface area contributed by atoms with Gasteiger partial charge in [-0.25, -0.2) is 9.97 Å². The normalized spacial score (nSPS) is 10.8. The fraction of sp³-hybridized carbons (Fsp3) is 0.292. The molecule has 156 valence electrons. The first-order valence-electron chi connectivity index (χ1n) is 10.2. The third kappa shape index (κ3) is 5.21. The lowest BCUT2D eigenvalue weighted by Gasteiger charge is -2.25. The van der Waals surface area contributed by atoms with Gasteiger partial charge in [0.2, 0.25) is 0 Å². The Morgan fingerprint density at radius 1 is 1.07 bits per heavy atom. The summed E-state index contributed by atoms with van der Waals surface area (Å²) in [6.45, 7) is 6.11. The molecule has 0 aliphatic rings. The third-order valence-electron chi connectivity index (χ3n) is 4.78. The van der Waals surface area contributed by atoms with Gasteiger partial charge in [-0.05, 0) is 45.6 Å². The zero-order chi connectivity index (χ0) is 21.5. The van der Waals surface area contributed by atoms with E-state index in [1.54, 1.807) is 6.20 Å². The summed E-state index contributed by atoms with van der Waals surface area (Å²) in [6.07, 6.45) is 1.63. The average molecular weight is 404 g/mol. The van der Waals surface area contributed by atoms with E-state index in [1.807, 2.05) is 61.5 Å². The maximum Gasteiger partial charge on any atom is 0.256 e. The molecule has 0 bridgehead atoms. The molecule has 0 atom stereocenters. The number of nitrogens with zero attached hydrogens (tertiary/aromatic N) is 4. The average Bonchev–Trinajstić information content (AvgIpc) is 2.74. The number of amides is 1. The molecule has 0 spiro atoms. The van der Waals surface area contributed by atoms with Crippen molar-refractivity contribution in [2.75, 3.05) is 38.6 Å². The van der Waals surface area contributed by atoms with Crippen molar-refractivity contribution in [1.82, 2.24) is 20.2 Å². The van der Waals surface area contributed by atoms with Crippen LogP contribution in [0.1, 0.15) is 22.8 Å². The second-order valence-corrected chi connectivity index (χ2v) is 7.44. The molecule has 0 radical (unpaired) electrons. The van der Waals surface area contributed by atoms with E-state index in [4.69, 9.17) is 4.98 Å². The van der Waals surface area contributed by atoms with Crippen LogP contribution in [0.3, 0.4) is 0 Å². The fourth-order valence-electron chi connectivity index (χ4n) is 3.20. The van der Waals surface area contributed by atoms with Gasteiger partial charge in [0.25, 0.3) is 5.91 Å². The Kier molecular flexibility index (Phi) is 7.14. The second-order valence-electron chi connectivity index (χ2n) is 7.44. The SMILES string of the molecule is CCN(c1cccc(C)c1)c1nc(-c2ccccc2)ncc1C(=O)NCCN(C)C. The Balaban J connectivity index is 2.04. The van der Waals surface area contributed by atoms with Crippen LogP contribution in [-0.4, -0.2) is 54.5 Å². The van der Waals surface area contributed by atoms with Crippen molar-refractivity contribution in [2.45, 2.75) is 13.8 Å². The molecule has 0 saturated carbocycles. The number of carbonyl (C=O) groups excluding carboxylic acids is 1. The minimum absolute atomic E-state index is 0.169. The molecule has 2 aromatic carbocycles. The van der Waals surface area contributed by atoms with Crippen LogP contribution in [0.25, 0.3) is 11.4 Å². The Hall–Kier alpha value is -3.25. The van der Waals surface area contributed by atoms with Crippen molar-refractivity contribution in [1.29, 1.82) is 0 Å². The zero-order valence-corrected chi connectivity index (χ0v) is 18.1. The zero-order valence-electron chi connectivity index (χ0n) is 18.1. The summed E-state index contributed by atoms with van der Waals surface area (Å²) in [5.74, 6) is 1.04. The van der Waals surface area contributed by atoms with Crippen molar-refractivity contribution in [3.63, 3.8) is 0 Å². The van der Waals surface area contributed by atoms with Crippen molar-refractivity contribution in [2.24, 2.45) is 0 Å². The van der Waals surface area contributed by atoms with E-state index in [0.717, 1.165) is 23.4 Å². The molecule has 0 aliphatic heterocycles. The molecule has 3 aromatic rings. The van der Waals surface area contributed by atoms with E-state index in [1.165, 1.54) is 0 Å². The summed E-state index contributed by atoms with van der Waals surface area (Å²) in [7, 11) is 3.96. The number of hydrogen-bond acceptors (Lipinski definition) is 5. The van der Waals surface area contributed by atoms with Gasteiger partial charge in [-0.1, -0.05) is 42.5 Å². The van der Waals surface area contributed by atoms with Gasteiger partial charge < -0.3 is 15.1 Å². The van der Waals surface area contributed by atoms with Crippen molar-refractivity contribution < 1.29 is 4.79 Å². The third-order valence-corrected chi connectivity index (χ3v) is 4.78. The monoisotopic (exact) mass is 403 g/mol. The number of carbonyl (C=O) groups is 1. The molecule has 3 rings (SSSR count). The van der Waals surface area contributed by atoms with E-state index in [-0.39, 0.29) is 5.91 Å². The van der Waals surface area contributed by atoms with Gasteiger partial charge in [-0.3, -0.25) is 4.79 Å². The highest BCUT2D eigenvalue weighted by molar-refractivity contribution is 5.99. The molecule has 0 saturated heterocycles. The molecule has 1 aromatic heterocycles. The summed E-state index contributed by atoms with van der Waals surface area (Å²) in [5, 5.41) is 2.98. The smallest absolute Gasteiger partial charge is 0.256 e. The van der Waals surface area contributed by atoms with E-state index in [2.05, 4.69) is 41.2 Å². The molecule has 1 N–H and O–H groups in total. The number of nitrogens with one attached hydrogen (secondary N) is 1. The summed E-state index contributed by atoms with van der Waals surface area (Å²) in [6, 6.07) is 18.0. The molecular weight excluding hydrogens is 374 g/mol. The molecule has 6 heteroatoms. The lowest BCUT2D eigenvalue weighted by molar-refractivity contribution is 0.0951. The first kappa shape index (κ1) is 21.5. The quantitative estimate of drug-likeness (QED) is 0.618. The van der Waals surface area contributed by atoms with Crippen LogP contribution in [0.4, 0.5) is 11.5 Å². The minimum atomic E-state index is -0.169. The Morgan fingerprint density at radius 3 is 2.50 bits per heavy atom.